The first-order chi connectivity index (χ1) is 8.20. The van der Waals surface area contributed by atoms with Crippen LogP contribution in [0.3, 0.4) is 0 Å². The third-order valence-corrected chi connectivity index (χ3v) is 2.94. The Bertz CT molecular complexity index is 488. The molecule has 0 radical (unpaired) electrons. The summed E-state index contributed by atoms with van der Waals surface area (Å²) in [6.07, 6.45) is 3.94. The summed E-state index contributed by atoms with van der Waals surface area (Å²) in [6, 6.07) is 9.00. The molecule has 90 valence electrons. The van der Waals surface area contributed by atoms with E-state index in [1.54, 1.807) is 0 Å². The molecule has 0 aliphatic rings. The summed E-state index contributed by atoms with van der Waals surface area (Å²) in [7, 11) is 1.94. The second-order valence-corrected chi connectivity index (χ2v) is 4.31. The lowest BCUT2D eigenvalue weighted by Crippen LogP contribution is -2.17. The molecule has 0 amide bonds. The van der Waals surface area contributed by atoms with E-state index < -0.39 is 0 Å². The lowest BCUT2D eigenvalue weighted by atomic mass is 10.0. The number of nitrogens with zero attached hydrogens (tertiary/aromatic N) is 2. The van der Waals surface area contributed by atoms with Crippen molar-refractivity contribution in [1.29, 1.82) is 0 Å². The van der Waals surface area contributed by atoms with Crippen LogP contribution in [0.1, 0.15) is 25.5 Å². The number of hydrogen-bond acceptors (Lipinski definition) is 2. The average Bonchev–Trinajstić information content (AvgIpc) is 2.76. The molecular formula is C14H19N3. The predicted octanol–water partition coefficient (Wildman–Crippen LogP) is 2.76. The summed E-state index contributed by atoms with van der Waals surface area (Å²) >= 11 is 0. The Morgan fingerprint density at radius 2 is 2.18 bits per heavy atom. The molecule has 1 aromatic heterocycles. The van der Waals surface area contributed by atoms with E-state index in [1.165, 1.54) is 11.1 Å². The Hall–Kier alpha value is -1.61. The molecule has 1 N–H and O–H groups in total. The molecule has 3 heteroatoms. The summed E-state index contributed by atoms with van der Waals surface area (Å²) in [5, 5.41) is 7.63. The molecule has 2 aromatic rings. The predicted molar refractivity (Wildman–Crippen MR) is 70.7 cm³/mol. The van der Waals surface area contributed by atoms with Crippen molar-refractivity contribution in [2.75, 3.05) is 6.54 Å². The number of benzene rings is 1. The van der Waals surface area contributed by atoms with Gasteiger partial charge in [0.05, 0.1) is 6.20 Å². The maximum absolute atomic E-state index is 4.20. The van der Waals surface area contributed by atoms with Gasteiger partial charge in [0, 0.05) is 24.8 Å². The van der Waals surface area contributed by atoms with Gasteiger partial charge in [0.2, 0.25) is 0 Å². The number of aryl methyl sites for hydroxylation is 1. The van der Waals surface area contributed by atoms with Gasteiger partial charge in [-0.2, -0.15) is 5.10 Å². The summed E-state index contributed by atoms with van der Waals surface area (Å²) in [5.74, 6) is 0. The maximum atomic E-state index is 4.20. The summed E-state index contributed by atoms with van der Waals surface area (Å²) in [5.41, 5.74) is 3.70. The second-order valence-electron chi connectivity index (χ2n) is 4.31. The highest BCUT2D eigenvalue weighted by molar-refractivity contribution is 5.62. The molecule has 0 aliphatic heterocycles. The molecule has 1 atom stereocenters. The zero-order chi connectivity index (χ0) is 12.3. The number of nitrogens with one attached hydrogen (secondary N) is 1. The third-order valence-electron chi connectivity index (χ3n) is 2.94. The quantitative estimate of drug-likeness (QED) is 0.873. The number of hydrogen-bond donors (Lipinski definition) is 1. The minimum atomic E-state index is 0.386. The molecule has 17 heavy (non-hydrogen) atoms. The minimum Gasteiger partial charge on any atom is -0.310 e. The second kappa shape index (κ2) is 5.15. The van der Waals surface area contributed by atoms with Crippen LogP contribution >= 0.6 is 0 Å². The van der Waals surface area contributed by atoms with Gasteiger partial charge in [-0.15, -0.1) is 0 Å². The van der Waals surface area contributed by atoms with Gasteiger partial charge in [0.15, 0.2) is 0 Å². The molecule has 0 aliphatic carbocycles. The van der Waals surface area contributed by atoms with Crippen molar-refractivity contribution in [2.24, 2.45) is 7.05 Å². The Balaban J connectivity index is 2.28. The largest absolute Gasteiger partial charge is 0.310 e. The monoisotopic (exact) mass is 229 g/mol. The fraction of sp³-hybridized carbons (Fsp3) is 0.357. The van der Waals surface area contributed by atoms with Crippen molar-refractivity contribution >= 4 is 0 Å². The SMILES string of the molecule is CCNC(C)c1cccc(-c2cnn(C)c2)c1. The first kappa shape index (κ1) is 11.9. The van der Waals surface area contributed by atoms with Crippen LogP contribution in [0.5, 0.6) is 0 Å². The maximum Gasteiger partial charge on any atom is 0.0568 e. The van der Waals surface area contributed by atoms with Crippen LogP contribution in [0, 0.1) is 0 Å². The van der Waals surface area contributed by atoms with Crippen molar-refractivity contribution in [3.63, 3.8) is 0 Å². The van der Waals surface area contributed by atoms with Crippen LogP contribution < -0.4 is 5.32 Å². The van der Waals surface area contributed by atoms with Crippen molar-refractivity contribution < 1.29 is 0 Å². The Morgan fingerprint density at radius 1 is 1.35 bits per heavy atom. The fourth-order valence-corrected chi connectivity index (χ4v) is 1.98. The van der Waals surface area contributed by atoms with Crippen LogP contribution in [-0.2, 0) is 7.05 Å². The van der Waals surface area contributed by atoms with Gasteiger partial charge in [0.25, 0.3) is 0 Å². The smallest absolute Gasteiger partial charge is 0.0568 e. The van der Waals surface area contributed by atoms with E-state index in [-0.39, 0.29) is 0 Å². The molecule has 0 fully saturated rings. The number of rotatable bonds is 4. The lowest BCUT2D eigenvalue weighted by Gasteiger charge is -2.13. The van der Waals surface area contributed by atoms with E-state index in [0.717, 1.165) is 12.1 Å². The van der Waals surface area contributed by atoms with Crippen LogP contribution in [-0.4, -0.2) is 16.3 Å². The summed E-state index contributed by atoms with van der Waals surface area (Å²) in [4.78, 5) is 0. The zero-order valence-electron chi connectivity index (χ0n) is 10.6. The molecular weight excluding hydrogens is 210 g/mol. The van der Waals surface area contributed by atoms with Gasteiger partial charge in [-0.1, -0.05) is 25.1 Å². The molecule has 0 saturated carbocycles. The van der Waals surface area contributed by atoms with Gasteiger partial charge in [-0.05, 0) is 30.7 Å². The molecule has 1 heterocycles. The van der Waals surface area contributed by atoms with E-state index in [2.05, 4.69) is 48.5 Å². The average molecular weight is 229 g/mol. The molecule has 0 saturated heterocycles. The Labute approximate surface area is 102 Å². The Kier molecular flexibility index (Phi) is 3.59. The normalized spacial score (nSPS) is 12.6. The molecule has 0 bridgehead atoms. The molecule has 3 nitrogen and oxygen atoms in total. The third kappa shape index (κ3) is 2.74. The van der Waals surface area contributed by atoms with Gasteiger partial charge in [0.1, 0.15) is 0 Å². The van der Waals surface area contributed by atoms with Crippen molar-refractivity contribution in [1.82, 2.24) is 15.1 Å². The van der Waals surface area contributed by atoms with E-state index in [0.29, 0.717) is 6.04 Å². The van der Waals surface area contributed by atoms with Crippen molar-refractivity contribution in [3.8, 4) is 11.1 Å². The van der Waals surface area contributed by atoms with Crippen LogP contribution in [0.15, 0.2) is 36.7 Å². The highest BCUT2D eigenvalue weighted by atomic mass is 15.2. The molecule has 1 aromatic carbocycles. The van der Waals surface area contributed by atoms with Gasteiger partial charge < -0.3 is 5.32 Å². The van der Waals surface area contributed by atoms with Crippen molar-refractivity contribution in [3.05, 3.63) is 42.2 Å². The highest BCUT2D eigenvalue weighted by Crippen LogP contribution is 2.22. The minimum absolute atomic E-state index is 0.386. The fourth-order valence-electron chi connectivity index (χ4n) is 1.98. The molecule has 1 unspecified atom stereocenters. The van der Waals surface area contributed by atoms with E-state index in [9.17, 15) is 0 Å². The van der Waals surface area contributed by atoms with Crippen LogP contribution in [0.25, 0.3) is 11.1 Å². The first-order valence-corrected chi connectivity index (χ1v) is 6.03. The molecule has 0 spiro atoms. The highest BCUT2D eigenvalue weighted by Gasteiger charge is 2.06. The van der Waals surface area contributed by atoms with Crippen LogP contribution in [0.4, 0.5) is 0 Å². The van der Waals surface area contributed by atoms with Crippen molar-refractivity contribution in [2.45, 2.75) is 19.9 Å². The van der Waals surface area contributed by atoms with E-state index in [4.69, 9.17) is 0 Å². The van der Waals surface area contributed by atoms with Gasteiger partial charge in [-0.25, -0.2) is 0 Å². The Morgan fingerprint density at radius 3 is 2.82 bits per heavy atom. The van der Waals surface area contributed by atoms with E-state index >= 15 is 0 Å². The van der Waals surface area contributed by atoms with Gasteiger partial charge >= 0.3 is 0 Å². The summed E-state index contributed by atoms with van der Waals surface area (Å²) in [6.45, 7) is 5.30. The van der Waals surface area contributed by atoms with Gasteiger partial charge in [-0.3, -0.25) is 4.68 Å². The van der Waals surface area contributed by atoms with E-state index in [1.807, 2.05) is 24.1 Å². The lowest BCUT2D eigenvalue weighted by molar-refractivity contribution is 0.598. The topological polar surface area (TPSA) is 29.9 Å². The zero-order valence-corrected chi connectivity index (χ0v) is 10.6. The first-order valence-electron chi connectivity index (χ1n) is 6.03. The standard InChI is InChI=1S/C14H19N3/c1-4-15-11(2)12-6-5-7-13(8-12)14-9-16-17(3)10-14/h5-11,15H,4H2,1-3H3. The van der Waals surface area contributed by atoms with Crippen LogP contribution in [0.2, 0.25) is 0 Å². The molecule has 2 rings (SSSR count). The summed E-state index contributed by atoms with van der Waals surface area (Å²) < 4.78 is 1.83. The number of aromatic nitrogens is 2.